The molecular weight excluding hydrogens is 501 g/mol. The molecule has 0 spiro atoms. The van der Waals surface area contributed by atoms with Crippen LogP contribution in [0.2, 0.25) is 10.0 Å². The van der Waals surface area contributed by atoms with E-state index in [0.717, 1.165) is 11.3 Å². The highest BCUT2D eigenvalue weighted by molar-refractivity contribution is 7.18. The first-order valence-electron chi connectivity index (χ1n) is 10.3. The van der Waals surface area contributed by atoms with Gasteiger partial charge in [0.1, 0.15) is 21.4 Å². The maximum absolute atomic E-state index is 12.6. The largest absolute Gasteiger partial charge is 0.462 e. The molecule has 0 radical (unpaired) electrons. The number of amides is 1. The SMILES string of the molecule is CCOC(=O)c1sc(NC(=O)/C=C/c2ccc(-c3ccc(Cl)cc3Cl)o2)c(C(=O)OCC)c1C. The Labute approximate surface area is 210 Å². The number of rotatable bonds is 8. The summed E-state index contributed by atoms with van der Waals surface area (Å²) in [6.07, 6.45) is 2.72. The Morgan fingerprint density at radius 1 is 1.06 bits per heavy atom. The van der Waals surface area contributed by atoms with E-state index in [2.05, 4.69) is 5.32 Å². The van der Waals surface area contributed by atoms with Gasteiger partial charge in [0, 0.05) is 16.7 Å². The van der Waals surface area contributed by atoms with Crippen LogP contribution < -0.4 is 5.32 Å². The molecule has 0 aliphatic carbocycles. The summed E-state index contributed by atoms with van der Waals surface area (Å²) in [6, 6.07) is 8.45. The molecule has 3 rings (SSSR count). The average Bonchev–Trinajstić information content (AvgIpc) is 3.37. The molecule has 2 aromatic heterocycles. The van der Waals surface area contributed by atoms with Crippen LogP contribution >= 0.6 is 34.5 Å². The number of carbonyl (C=O) groups excluding carboxylic acids is 3. The zero-order valence-corrected chi connectivity index (χ0v) is 20.9. The number of esters is 2. The minimum atomic E-state index is -0.637. The lowest BCUT2D eigenvalue weighted by Gasteiger charge is -2.05. The Kier molecular flexibility index (Phi) is 8.55. The van der Waals surface area contributed by atoms with Gasteiger partial charge in [-0.05, 0) is 62.7 Å². The predicted octanol–water partition coefficient (Wildman–Crippen LogP) is 6.63. The van der Waals surface area contributed by atoms with Gasteiger partial charge in [0.25, 0.3) is 0 Å². The molecule has 1 amide bonds. The molecule has 0 atom stereocenters. The molecule has 0 aliphatic heterocycles. The molecular formula is C24H21Cl2NO6S. The van der Waals surface area contributed by atoms with Crippen molar-refractivity contribution in [2.24, 2.45) is 0 Å². The minimum absolute atomic E-state index is 0.120. The summed E-state index contributed by atoms with van der Waals surface area (Å²) in [6.45, 7) is 5.28. The molecule has 7 nitrogen and oxygen atoms in total. The minimum Gasteiger partial charge on any atom is -0.462 e. The smallest absolute Gasteiger partial charge is 0.348 e. The van der Waals surface area contributed by atoms with Gasteiger partial charge in [-0.3, -0.25) is 4.79 Å². The van der Waals surface area contributed by atoms with Crippen molar-refractivity contribution in [2.45, 2.75) is 20.8 Å². The molecule has 0 saturated carbocycles. The molecule has 178 valence electrons. The fourth-order valence-corrected chi connectivity index (χ4v) is 4.62. The lowest BCUT2D eigenvalue weighted by molar-refractivity contribution is -0.111. The third-order valence-electron chi connectivity index (χ3n) is 4.55. The summed E-state index contributed by atoms with van der Waals surface area (Å²) in [5.74, 6) is -0.808. The highest BCUT2D eigenvalue weighted by Crippen LogP contribution is 2.35. The third-order valence-corrected chi connectivity index (χ3v) is 6.28. The molecule has 0 fully saturated rings. The van der Waals surface area contributed by atoms with E-state index in [1.807, 2.05) is 0 Å². The van der Waals surface area contributed by atoms with Gasteiger partial charge in [0.2, 0.25) is 5.91 Å². The van der Waals surface area contributed by atoms with Crippen LogP contribution in [-0.4, -0.2) is 31.1 Å². The lowest BCUT2D eigenvalue weighted by Crippen LogP contribution is -2.12. The molecule has 0 saturated heterocycles. The summed E-state index contributed by atoms with van der Waals surface area (Å²) < 4.78 is 15.9. The maximum Gasteiger partial charge on any atom is 0.348 e. The summed E-state index contributed by atoms with van der Waals surface area (Å²) in [4.78, 5) is 37.5. The standard InChI is InChI=1S/C24H21Cl2NO6S/c1-4-31-23(29)20-13(3)21(24(30)32-5-2)34-22(20)27-19(28)11-8-15-7-10-18(33-15)16-9-6-14(25)12-17(16)26/h6-12H,4-5H2,1-3H3,(H,27,28)/b11-8+. The van der Waals surface area contributed by atoms with Gasteiger partial charge in [-0.2, -0.15) is 0 Å². The van der Waals surface area contributed by atoms with E-state index in [4.69, 9.17) is 37.1 Å². The van der Waals surface area contributed by atoms with Crippen LogP contribution in [0.15, 0.2) is 40.8 Å². The van der Waals surface area contributed by atoms with E-state index < -0.39 is 17.8 Å². The molecule has 1 aromatic carbocycles. The zero-order chi connectivity index (χ0) is 24.8. The number of ether oxygens (including phenoxy) is 2. The normalized spacial score (nSPS) is 11.0. The zero-order valence-electron chi connectivity index (χ0n) is 18.6. The summed E-state index contributed by atoms with van der Waals surface area (Å²) >= 11 is 13.1. The number of anilines is 1. The van der Waals surface area contributed by atoms with E-state index in [9.17, 15) is 14.4 Å². The fraction of sp³-hybridized carbons (Fsp3) is 0.208. The van der Waals surface area contributed by atoms with Crippen molar-refractivity contribution in [3.05, 3.63) is 68.2 Å². The number of nitrogens with one attached hydrogen (secondary N) is 1. The first kappa shape index (κ1) is 25.6. The van der Waals surface area contributed by atoms with E-state index >= 15 is 0 Å². The van der Waals surface area contributed by atoms with Gasteiger partial charge in [-0.15, -0.1) is 11.3 Å². The van der Waals surface area contributed by atoms with Crippen molar-refractivity contribution in [2.75, 3.05) is 18.5 Å². The number of hydrogen-bond donors (Lipinski definition) is 1. The van der Waals surface area contributed by atoms with Gasteiger partial charge in [0.05, 0.1) is 23.8 Å². The maximum atomic E-state index is 12.6. The summed E-state index contributed by atoms with van der Waals surface area (Å²) in [5, 5.41) is 3.78. The van der Waals surface area contributed by atoms with Gasteiger partial charge in [0.15, 0.2) is 0 Å². The van der Waals surface area contributed by atoms with Crippen molar-refractivity contribution in [3.63, 3.8) is 0 Å². The molecule has 1 N–H and O–H groups in total. The van der Waals surface area contributed by atoms with Crippen LogP contribution in [0, 0.1) is 6.92 Å². The average molecular weight is 522 g/mol. The number of halogens is 2. The Balaban J connectivity index is 1.80. The number of furan rings is 1. The van der Waals surface area contributed by atoms with Crippen LogP contribution in [0.3, 0.4) is 0 Å². The molecule has 0 unspecified atom stereocenters. The monoisotopic (exact) mass is 521 g/mol. The fourth-order valence-electron chi connectivity index (χ4n) is 3.03. The molecule has 0 bridgehead atoms. The lowest BCUT2D eigenvalue weighted by atomic mass is 10.1. The van der Waals surface area contributed by atoms with Gasteiger partial charge in [-0.25, -0.2) is 9.59 Å². The van der Waals surface area contributed by atoms with E-state index in [0.29, 0.717) is 32.7 Å². The van der Waals surface area contributed by atoms with Gasteiger partial charge >= 0.3 is 11.9 Å². The number of thiophene rings is 1. The van der Waals surface area contributed by atoms with Crippen LogP contribution in [-0.2, 0) is 14.3 Å². The molecule has 10 heteroatoms. The topological polar surface area (TPSA) is 94.8 Å². The van der Waals surface area contributed by atoms with Crippen LogP contribution in [0.5, 0.6) is 0 Å². The van der Waals surface area contributed by atoms with Crippen molar-refractivity contribution in [1.82, 2.24) is 0 Å². The van der Waals surface area contributed by atoms with Crippen molar-refractivity contribution in [1.29, 1.82) is 0 Å². The van der Waals surface area contributed by atoms with E-state index in [1.165, 1.54) is 12.2 Å². The number of benzene rings is 1. The number of hydrogen-bond acceptors (Lipinski definition) is 7. The summed E-state index contributed by atoms with van der Waals surface area (Å²) in [5.41, 5.74) is 1.17. The van der Waals surface area contributed by atoms with Crippen molar-refractivity contribution in [3.8, 4) is 11.3 Å². The van der Waals surface area contributed by atoms with Crippen LogP contribution in [0.25, 0.3) is 17.4 Å². The van der Waals surface area contributed by atoms with Crippen molar-refractivity contribution >= 4 is 63.5 Å². The Bertz CT molecular complexity index is 1260. The second kappa shape index (κ2) is 11.4. The van der Waals surface area contributed by atoms with Gasteiger partial charge in [-0.1, -0.05) is 23.2 Å². The van der Waals surface area contributed by atoms with E-state index in [-0.39, 0.29) is 28.7 Å². The molecule has 0 aliphatic rings. The first-order chi connectivity index (χ1) is 16.2. The van der Waals surface area contributed by atoms with E-state index in [1.54, 1.807) is 51.1 Å². The first-order valence-corrected chi connectivity index (χ1v) is 11.8. The molecule has 2 heterocycles. The highest BCUT2D eigenvalue weighted by Gasteiger charge is 2.27. The molecule has 3 aromatic rings. The highest BCUT2D eigenvalue weighted by atomic mass is 35.5. The van der Waals surface area contributed by atoms with Crippen LogP contribution in [0.4, 0.5) is 5.00 Å². The second-order valence-electron chi connectivity index (χ2n) is 6.85. The Morgan fingerprint density at radius 3 is 2.44 bits per heavy atom. The Morgan fingerprint density at radius 2 is 1.76 bits per heavy atom. The van der Waals surface area contributed by atoms with Crippen molar-refractivity contribution < 1.29 is 28.3 Å². The quantitative estimate of drug-likeness (QED) is 0.264. The Hall–Kier alpha value is -3.07. The van der Waals surface area contributed by atoms with Gasteiger partial charge < -0.3 is 19.2 Å². The third kappa shape index (κ3) is 5.88. The molecule has 34 heavy (non-hydrogen) atoms. The summed E-state index contributed by atoms with van der Waals surface area (Å²) in [7, 11) is 0. The second-order valence-corrected chi connectivity index (χ2v) is 8.71. The predicted molar refractivity (Wildman–Crippen MR) is 133 cm³/mol. The number of carbonyl (C=O) groups is 3. The van der Waals surface area contributed by atoms with Crippen LogP contribution in [0.1, 0.15) is 45.2 Å².